The molecule has 0 bridgehead atoms. The lowest BCUT2D eigenvalue weighted by Gasteiger charge is -2.33. The number of rotatable bonds is 5. The molecule has 0 radical (unpaired) electrons. The molecule has 1 heterocycles. The van der Waals surface area contributed by atoms with Gasteiger partial charge in [0.1, 0.15) is 6.04 Å². The predicted molar refractivity (Wildman–Crippen MR) is 80.4 cm³/mol. The second-order valence-electron chi connectivity index (χ2n) is 5.19. The van der Waals surface area contributed by atoms with E-state index in [4.69, 9.17) is 4.74 Å². The van der Waals surface area contributed by atoms with Gasteiger partial charge in [-0.15, -0.1) is 0 Å². The Morgan fingerprint density at radius 1 is 1.38 bits per heavy atom. The first-order valence-electron chi connectivity index (χ1n) is 7.31. The minimum atomic E-state index is -0.383. The maximum Gasteiger partial charge on any atom is 0.239 e. The molecule has 1 saturated heterocycles. The Labute approximate surface area is 125 Å². The van der Waals surface area contributed by atoms with E-state index in [1.807, 2.05) is 43.0 Å². The van der Waals surface area contributed by atoms with Crippen molar-refractivity contribution in [3.05, 3.63) is 35.4 Å². The van der Waals surface area contributed by atoms with Crippen LogP contribution >= 0.6 is 0 Å². The van der Waals surface area contributed by atoms with Crippen molar-refractivity contribution < 1.29 is 14.3 Å². The highest BCUT2D eigenvalue weighted by Crippen LogP contribution is 2.12. The largest absolute Gasteiger partial charge is 0.378 e. The Bertz CT molecular complexity index is 516. The minimum Gasteiger partial charge on any atom is -0.378 e. The number of likely N-dealkylation sites (N-methyl/N-ethyl adjacent to an activating group) is 1. The highest BCUT2D eigenvalue weighted by molar-refractivity contribution is 5.99. The van der Waals surface area contributed by atoms with Gasteiger partial charge in [-0.1, -0.05) is 24.3 Å². The number of Topliss-reactive ketones (excluding diaryl/α,β-unsaturated/α-hetero) is 1. The number of benzene rings is 1. The molecule has 1 aliphatic heterocycles. The van der Waals surface area contributed by atoms with E-state index in [0.717, 1.165) is 11.1 Å². The fourth-order valence-electron chi connectivity index (χ4n) is 2.52. The maximum absolute atomic E-state index is 12.4. The van der Waals surface area contributed by atoms with Crippen LogP contribution < -0.4 is 5.32 Å². The summed E-state index contributed by atoms with van der Waals surface area (Å²) in [6.07, 6.45) is 0. The Balaban J connectivity index is 2.07. The topological polar surface area (TPSA) is 58.6 Å². The zero-order valence-corrected chi connectivity index (χ0v) is 12.6. The van der Waals surface area contributed by atoms with Gasteiger partial charge in [0.05, 0.1) is 19.8 Å². The summed E-state index contributed by atoms with van der Waals surface area (Å²) in [5.74, 6) is -0.0286. The first-order valence-corrected chi connectivity index (χ1v) is 7.31. The van der Waals surface area contributed by atoms with E-state index in [1.54, 1.807) is 0 Å². The minimum absolute atomic E-state index is 0.0456. The van der Waals surface area contributed by atoms with Crippen LogP contribution in [0.2, 0.25) is 0 Å². The molecule has 1 N–H and O–H groups in total. The van der Waals surface area contributed by atoms with Gasteiger partial charge in [-0.05, 0) is 19.4 Å². The number of ketones is 1. The average Bonchev–Trinajstić information content (AvgIpc) is 2.48. The molecule has 1 aliphatic rings. The standard InChI is InChI=1S/C16H22N2O3/c1-3-17-16(20)14-11-21-9-8-18(14)10-15(19)13-7-5-4-6-12(13)2/h4-7,14H,3,8-11H2,1-2H3,(H,17,20). The lowest BCUT2D eigenvalue weighted by molar-refractivity contribution is -0.131. The Hall–Kier alpha value is -1.72. The molecular weight excluding hydrogens is 268 g/mol. The molecule has 0 aromatic heterocycles. The number of amides is 1. The number of ether oxygens (including phenoxy) is 1. The van der Waals surface area contributed by atoms with E-state index in [1.165, 1.54) is 0 Å². The van der Waals surface area contributed by atoms with Gasteiger partial charge in [0.25, 0.3) is 0 Å². The van der Waals surface area contributed by atoms with Gasteiger partial charge >= 0.3 is 0 Å². The molecule has 1 aromatic carbocycles. The molecule has 2 rings (SSSR count). The van der Waals surface area contributed by atoms with E-state index in [9.17, 15) is 9.59 Å². The number of nitrogens with zero attached hydrogens (tertiary/aromatic N) is 1. The van der Waals surface area contributed by atoms with Crippen molar-refractivity contribution in [1.82, 2.24) is 10.2 Å². The van der Waals surface area contributed by atoms with Crippen LogP contribution in [0, 0.1) is 6.92 Å². The first kappa shape index (κ1) is 15.7. The summed E-state index contributed by atoms with van der Waals surface area (Å²) < 4.78 is 5.38. The molecule has 1 aromatic rings. The third-order valence-corrected chi connectivity index (χ3v) is 3.69. The smallest absolute Gasteiger partial charge is 0.239 e. The molecule has 0 saturated carbocycles. The van der Waals surface area contributed by atoms with Crippen molar-refractivity contribution >= 4 is 11.7 Å². The second kappa shape index (κ2) is 7.33. The van der Waals surface area contributed by atoms with Gasteiger partial charge in [-0.3, -0.25) is 14.5 Å². The Morgan fingerprint density at radius 2 is 2.14 bits per heavy atom. The normalized spacial score (nSPS) is 19.2. The zero-order chi connectivity index (χ0) is 15.2. The summed E-state index contributed by atoms with van der Waals surface area (Å²) in [7, 11) is 0. The van der Waals surface area contributed by atoms with Crippen molar-refractivity contribution in [1.29, 1.82) is 0 Å². The zero-order valence-electron chi connectivity index (χ0n) is 12.6. The fourth-order valence-corrected chi connectivity index (χ4v) is 2.52. The SMILES string of the molecule is CCNC(=O)C1COCCN1CC(=O)c1ccccc1C. The third-order valence-electron chi connectivity index (χ3n) is 3.69. The van der Waals surface area contributed by atoms with Crippen LogP contribution in [-0.4, -0.2) is 55.5 Å². The number of hydrogen-bond donors (Lipinski definition) is 1. The molecule has 1 unspecified atom stereocenters. The molecule has 0 spiro atoms. The molecule has 21 heavy (non-hydrogen) atoms. The predicted octanol–water partition coefficient (Wildman–Crippen LogP) is 1.01. The molecule has 1 atom stereocenters. The second-order valence-corrected chi connectivity index (χ2v) is 5.19. The molecule has 5 heteroatoms. The molecule has 1 fully saturated rings. The van der Waals surface area contributed by atoms with Crippen LogP contribution in [0.5, 0.6) is 0 Å². The van der Waals surface area contributed by atoms with Crippen LogP contribution in [0.4, 0.5) is 0 Å². The summed E-state index contributed by atoms with van der Waals surface area (Å²) >= 11 is 0. The highest BCUT2D eigenvalue weighted by atomic mass is 16.5. The first-order chi connectivity index (χ1) is 10.1. The summed E-state index contributed by atoms with van der Waals surface area (Å²) in [6, 6.07) is 7.15. The third kappa shape index (κ3) is 3.89. The van der Waals surface area contributed by atoms with Crippen molar-refractivity contribution in [2.45, 2.75) is 19.9 Å². The van der Waals surface area contributed by atoms with Crippen molar-refractivity contribution in [3.63, 3.8) is 0 Å². The highest BCUT2D eigenvalue weighted by Gasteiger charge is 2.30. The van der Waals surface area contributed by atoms with E-state index in [2.05, 4.69) is 5.32 Å². The van der Waals surface area contributed by atoms with Crippen LogP contribution in [0.3, 0.4) is 0 Å². The van der Waals surface area contributed by atoms with Crippen LogP contribution in [0.25, 0.3) is 0 Å². The van der Waals surface area contributed by atoms with E-state index >= 15 is 0 Å². The molecular formula is C16H22N2O3. The number of hydrogen-bond acceptors (Lipinski definition) is 4. The molecule has 5 nitrogen and oxygen atoms in total. The van der Waals surface area contributed by atoms with Gasteiger partial charge in [-0.25, -0.2) is 0 Å². The lowest BCUT2D eigenvalue weighted by Crippen LogP contribution is -2.55. The fraction of sp³-hybridized carbons (Fsp3) is 0.500. The van der Waals surface area contributed by atoms with Crippen molar-refractivity contribution in [3.8, 4) is 0 Å². The van der Waals surface area contributed by atoms with Gasteiger partial charge in [0, 0.05) is 18.7 Å². The molecule has 1 amide bonds. The monoisotopic (exact) mass is 290 g/mol. The van der Waals surface area contributed by atoms with Crippen molar-refractivity contribution in [2.24, 2.45) is 0 Å². The van der Waals surface area contributed by atoms with E-state index in [0.29, 0.717) is 26.3 Å². The quantitative estimate of drug-likeness (QED) is 0.822. The number of carbonyl (C=O) groups excluding carboxylic acids is 2. The molecule has 0 aliphatic carbocycles. The average molecular weight is 290 g/mol. The van der Waals surface area contributed by atoms with Gasteiger partial charge in [0.2, 0.25) is 5.91 Å². The summed E-state index contributed by atoms with van der Waals surface area (Å²) in [5, 5.41) is 2.80. The van der Waals surface area contributed by atoms with Gasteiger partial charge in [0.15, 0.2) is 5.78 Å². The number of carbonyl (C=O) groups is 2. The summed E-state index contributed by atoms with van der Waals surface area (Å²) in [5.41, 5.74) is 1.68. The summed E-state index contributed by atoms with van der Waals surface area (Å²) in [6.45, 7) is 6.12. The Morgan fingerprint density at radius 3 is 2.86 bits per heavy atom. The van der Waals surface area contributed by atoms with Crippen LogP contribution in [-0.2, 0) is 9.53 Å². The van der Waals surface area contributed by atoms with E-state index < -0.39 is 0 Å². The van der Waals surface area contributed by atoms with Crippen LogP contribution in [0.15, 0.2) is 24.3 Å². The van der Waals surface area contributed by atoms with Gasteiger partial charge < -0.3 is 10.1 Å². The van der Waals surface area contributed by atoms with Gasteiger partial charge in [-0.2, -0.15) is 0 Å². The number of nitrogens with one attached hydrogen (secondary N) is 1. The number of morpholine rings is 1. The van der Waals surface area contributed by atoms with E-state index in [-0.39, 0.29) is 24.3 Å². The maximum atomic E-state index is 12.4. The van der Waals surface area contributed by atoms with Crippen LogP contribution in [0.1, 0.15) is 22.8 Å². The molecule has 114 valence electrons. The lowest BCUT2D eigenvalue weighted by atomic mass is 10.0. The number of aryl methyl sites for hydroxylation is 1. The summed E-state index contributed by atoms with van der Waals surface area (Å²) in [4.78, 5) is 26.4. The Kier molecular flexibility index (Phi) is 5.47. The van der Waals surface area contributed by atoms with Crippen molar-refractivity contribution in [2.75, 3.05) is 32.8 Å².